The summed E-state index contributed by atoms with van der Waals surface area (Å²) in [7, 11) is 2.03. The lowest BCUT2D eigenvalue weighted by Crippen LogP contribution is -2.40. The molecule has 12 heavy (non-hydrogen) atoms. The van der Waals surface area contributed by atoms with Crippen molar-refractivity contribution in [1.82, 2.24) is 9.55 Å². The third kappa shape index (κ3) is 1.25. The average Bonchev–Trinajstić information content (AvgIpc) is 2.44. The summed E-state index contributed by atoms with van der Waals surface area (Å²) in [6, 6.07) is 0.418. The molecule has 1 aliphatic carbocycles. The van der Waals surface area contributed by atoms with E-state index in [1.54, 1.807) is 0 Å². The molecule has 1 aliphatic rings. The molecule has 0 spiro atoms. The Morgan fingerprint density at radius 3 is 2.92 bits per heavy atom. The van der Waals surface area contributed by atoms with E-state index in [-0.39, 0.29) is 0 Å². The summed E-state index contributed by atoms with van der Waals surface area (Å²) in [5, 5.41) is 0. The first-order chi connectivity index (χ1) is 5.77. The fourth-order valence-corrected chi connectivity index (χ4v) is 1.68. The van der Waals surface area contributed by atoms with E-state index in [1.807, 2.05) is 19.4 Å². The zero-order valence-electron chi connectivity index (χ0n) is 7.40. The third-order valence-electron chi connectivity index (χ3n) is 2.84. The van der Waals surface area contributed by atoms with Crippen LogP contribution in [0.4, 0.5) is 0 Å². The molecule has 2 N–H and O–H groups in total. The highest BCUT2D eigenvalue weighted by atomic mass is 15.0. The lowest BCUT2D eigenvalue weighted by molar-refractivity contribution is 0.250. The van der Waals surface area contributed by atoms with Crippen LogP contribution in [0, 0.1) is 5.92 Å². The monoisotopic (exact) mass is 165 g/mol. The van der Waals surface area contributed by atoms with Crippen LogP contribution in [0.1, 0.15) is 18.7 Å². The van der Waals surface area contributed by atoms with E-state index < -0.39 is 0 Å². The summed E-state index contributed by atoms with van der Waals surface area (Å²) in [5.74, 6) is 1.83. The number of nitrogens with two attached hydrogens (primary N) is 1. The Morgan fingerprint density at radius 2 is 2.50 bits per heavy atom. The minimum absolute atomic E-state index is 0.418. The van der Waals surface area contributed by atoms with E-state index in [4.69, 9.17) is 5.73 Å². The fraction of sp³-hybridized carbons (Fsp3) is 0.667. The number of rotatable bonds is 2. The van der Waals surface area contributed by atoms with Gasteiger partial charge in [-0.25, -0.2) is 4.98 Å². The minimum Gasteiger partial charge on any atom is -0.338 e. The molecule has 1 aromatic heterocycles. The number of aryl methyl sites for hydroxylation is 1. The van der Waals surface area contributed by atoms with Crippen molar-refractivity contribution < 1.29 is 0 Å². The van der Waals surface area contributed by atoms with Crippen LogP contribution in [-0.2, 0) is 13.5 Å². The minimum atomic E-state index is 0.418. The largest absolute Gasteiger partial charge is 0.338 e. The molecule has 3 heteroatoms. The standard InChI is InChI=1S/C9H15N3/c1-12-5-4-11-9(12)6-7-2-3-8(7)10/h4-5,7-8H,2-3,6,10H2,1H3. The van der Waals surface area contributed by atoms with Crippen LogP contribution in [0.3, 0.4) is 0 Å². The topological polar surface area (TPSA) is 43.8 Å². The van der Waals surface area contributed by atoms with Gasteiger partial charge in [-0.3, -0.25) is 0 Å². The normalized spacial score (nSPS) is 28.5. The lowest BCUT2D eigenvalue weighted by atomic mass is 9.78. The fourth-order valence-electron chi connectivity index (χ4n) is 1.68. The molecule has 3 nitrogen and oxygen atoms in total. The van der Waals surface area contributed by atoms with E-state index in [2.05, 4.69) is 9.55 Å². The SMILES string of the molecule is Cn1ccnc1CC1CCC1N. The van der Waals surface area contributed by atoms with Crippen molar-refractivity contribution in [2.24, 2.45) is 18.7 Å². The van der Waals surface area contributed by atoms with Crippen molar-refractivity contribution in [3.8, 4) is 0 Å². The Hall–Kier alpha value is -0.830. The highest BCUT2D eigenvalue weighted by molar-refractivity contribution is 4.97. The summed E-state index contributed by atoms with van der Waals surface area (Å²) >= 11 is 0. The van der Waals surface area contributed by atoms with E-state index in [1.165, 1.54) is 12.8 Å². The number of hydrogen-bond acceptors (Lipinski definition) is 2. The Bertz CT molecular complexity index is 266. The van der Waals surface area contributed by atoms with Crippen LogP contribution in [0.5, 0.6) is 0 Å². The van der Waals surface area contributed by atoms with Gasteiger partial charge in [-0.2, -0.15) is 0 Å². The van der Waals surface area contributed by atoms with E-state index >= 15 is 0 Å². The van der Waals surface area contributed by atoms with Crippen molar-refractivity contribution in [1.29, 1.82) is 0 Å². The molecule has 0 radical (unpaired) electrons. The quantitative estimate of drug-likeness (QED) is 0.701. The van der Waals surface area contributed by atoms with Crippen molar-refractivity contribution in [3.05, 3.63) is 18.2 Å². The van der Waals surface area contributed by atoms with Crippen LogP contribution >= 0.6 is 0 Å². The molecular weight excluding hydrogens is 150 g/mol. The van der Waals surface area contributed by atoms with Gasteiger partial charge in [-0.1, -0.05) is 0 Å². The molecule has 2 rings (SSSR count). The second-order valence-electron chi connectivity index (χ2n) is 3.66. The molecule has 1 aromatic rings. The van der Waals surface area contributed by atoms with Gasteiger partial charge in [0.1, 0.15) is 5.82 Å². The van der Waals surface area contributed by atoms with Gasteiger partial charge >= 0.3 is 0 Å². The van der Waals surface area contributed by atoms with Crippen LogP contribution in [-0.4, -0.2) is 15.6 Å². The lowest BCUT2D eigenvalue weighted by Gasteiger charge is -2.33. The summed E-state index contributed by atoms with van der Waals surface area (Å²) in [5.41, 5.74) is 5.85. The van der Waals surface area contributed by atoms with Gasteiger partial charge in [0.25, 0.3) is 0 Å². The molecule has 0 saturated heterocycles. The highest BCUT2D eigenvalue weighted by Gasteiger charge is 2.28. The van der Waals surface area contributed by atoms with Crippen LogP contribution in [0.25, 0.3) is 0 Å². The van der Waals surface area contributed by atoms with Gasteiger partial charge in [-0.05, 0) is 18.8 Å². The first-order valence-corrected chi connectivity index (χ1v) is 4.49. The zero-order valence-corrected chi connectivity index (χ0v) is 7.40. The Labute approximate surface area is 72.6 Å². The smallest absolute Gasteiger partial charge is 0.108 e. The maximum Gasteiger partial charge on any atom is 0.108 e. The molecule has 1 saturated carbocycles. The maximum absolute atomic E-state index is 5.85. The summed E-state index contributed by atoms with van der Waals surface area (Å²) in [6.07, 6.45) is 7.34. The molecular formula is C9H15N3. The molecule has 0 aliphatic heterocycles. The van der Waals surface area contributed by atoms with Crippen LogP contribution in [0.2, 0.25) is 0 Å². The van der Waals surface area contributed by atoms with Crippen molar-refractivity contribution in [2.45, 2.75) is 25.3 Å². The van der Waals surface area contributed by atoms with Crippen LogP contribution < -0.4 is 5.73 Å². The Kier molecular flexibility index (Phi) is 1.89. The molecule has 0 amide bonds. The summed E-state index contributed by atoms with van der Waals surface area (Å²) in [4.78, 5) is 4.28. The van der Waals surface area contributed by atoms with E-state index in [0.29, 0.717) is 12.0 Å². The van der Waals surface area contributed by atoms with Gasteiger partial charge in [-0.15, -0.1) is 0 Å². The molecule has 2 atom stereocenters. The maximum atomic E-state index is 5.85. The van der Waals surface area contributed by atoms with Crippen LogP contribution in [0.15, 0.2) is 12.4 Å². The van der Waals surface area contributed by atoms with Crippen molar-refractivity contribution in [2.75, 3.05) is 0 Å². The predicted molar refractivity (Wildman–Crippen MR) is 47.6 cm³/mol. The molecule has 0 bridgehead atoms. The molecule has 2 unspecified atom stereocenters. The summed E-state index contributed by atoms with van der Waals surface area (Å²) < 4.78 is 2.07. The van der Waals surface area contributed by atoms with Crippen molar-refractivity contribution in [3.63, 3.8) is 0 Å². The second-order valence-corrected chi connectivity index (χ2v) is 3.66. The number of hydrogen-bond donors (Lipinski definition) is 1. The predicted octanol–water partition coefficient (Wildman–Crippen LogP) is 0.700. The van der Waals surface area contributed by atoms with Gasteiger partial charge < -0.3 is 10.3 Å². The molecule has 66 valence electrons. The highest BCUT2D eigenvalue weighted by Crippen LogP contribution is 2.28. The van der Waals surface area contributed by atoms with Gasteiger partial charge in [0, 0.05) is 31.9 Å². The molecule has 1 heterocycles. The first-order valence-electron chi connectivity index (χ1n) is 4.49. The number of nitrogens with zero attached hydrogens (tertiary/aromatic N) is 2. The molecule has 0 aromatic carbocycles. The number of imidazole rings is 1. The van der Waals surface area contributed by atoms with Gasteiger partial charge in [0.05, 0.1) is 0 Å². The molecule has 1 fully saturated rings. The Balaban J connectivity index is 1.99. The van der Waals surface area contributed by atoms with Gasteiger partial charge in [0.15, 0.2) is 0 Å². The van der Waals surface area contributed by atoms with Crippen molar-refractivity contribution >= 4 is 0 Å². The summed E-state index contributed by atoms with van der Waals surface area (Å²) in [6.45, 7) is 0. The van der Waals surface area contributed by atoms with E-state index in [9.17, 15) is 0 Å². The van der Waals surface area contributed by atoms with Gasteiger partial charge in [0.2, 0.25) is 0 Å². The Morgan fingerprint density at radius 1 is 1.67 bits per heavy atom. The second kappa shape index (κ2) is 2.90. The average molecular weight is 165 g/mol. The number of aromatic nitrogens is 2. The zero-order chi connectivity index (χ0) is 8.55. The van der Waals surface area contributed by atoms with E-state index in [0.717, 1.165) is 12.2 Å². The third-order valence-corrected chi connectivity index (χ3v) is 2.84. The first kappa shape index (κ1) is 7.80.